The van der Waals surface area contributed by atoms with Crippen molar-refractivity contribution in [2.45, 2.75) is 32.7 Å². The summed E-state index contributed by atoms with van der Waals surface area (Å²) in [7, 11) is 4.03. The van der Waals surface area contributed by atoms with Gasteiger partial charge in [-0.1, -0.05) is 29.8 Å². The lowest BCUT2D eigenvalue weighted by molar-refractivity contribution is -0.121. The van der Waals surface area contributed by atoms with Gasteiger partial charge in [0.05, 0.1) is 11.3 Å². The summed E-state index contributed by atoms with van der Waals surface area (Å²) in [5.74, 6) is -0.823. The van der Waals surface area contributed by atoms with Crippen LogP contribution in [0.3, 0.4) is 0 Å². The van der Waals surface area contributed by atoms with Gasteiger partial charge < -0.3 is 15.1 Å². The molecule has 0 unspecified atom stereocenters. The number of carbonyl (C=O) groups is 3. The molecule has 0 aliphatic carbocycles. The van der Waals surface area contributed by atoms with Crippen LogP contribution in [0.2, 0.25) is 0 Å². The van der Waals surface area contributed by atoms with E-state index >= 15 is 0 Å². The van der Waals surface area contributed by atoms with Crippen molar-refractivity contribution in [1.82, 2.24) is 9.80 Å². The first-order chi connectivity index (χ1) is 15.8. The Kier molecular flexibility index (Phi) is 6.33. The number of rotatable bonds is 5. The molecule has 2 heterocycles. The number of likely N-dealkylation sites (tertiary alicyclic amines) is 1. The van der Waals surface area contributed by atoms with Crippen molar-refractivity contribution in [1.29, 1.82) is 0 Å². The van der Waals surface area contributed by atoms with E-state index in [4.69, 9.17) is 0 Å². The third kappa shape index (κ3) is 4.54. The molecule has 0 spiro atoms. The highest BCUT2D eigenvalue weighted by molar-refractivity contribution is 6.45. The third-order valence-electron chi connectivity index (χ3n) is 6.43. The molecule has 4 rings (SSSR count). The topological polar surface area (TPSA) is 73.0 Å². The Morgan fingerprint density at radius 2 is 1.58 bits per heavy atom. The fourth-order valence-corrected chi connectivity index (χ4v) is 4.52. The summed E-state index contributed by atoms with van der Waals surface area (Å²) in [6.45, 7) is 5.34. The van der Waals surface area contributed by atoms with Gasteiger partial charge in [0, 0.05) is 25.7 Å². The molecule has 0 saturated carbocycles. The molecule has 1 saturated heterocycles. The highest BCUT2D eigenvalue weighted by Crippen LogP contribution is 2.36. The maximum Gasteiger partial charge on any atom is 0.282 e. The highest BCUT2D eigenvalue weighted by Gasteiger charge is 2.43. The summed E-state index contributed by atoms with van der Waals surface area (Å²) in [5, 5.41) is 2.71. The summed E-state index contributed by atoms with van der Waals surface area (Å²) >= 11 is 0. The number of piperidine rings is 1. The quantitative estimate of drug-likeness (QED) is 0.714. The van der Waals surface area contributed by atoms with Gasteiger partial charge in [0.2, 0.25) is 5.91 Å². The molecule has 33 heavy (non-hydrogen) atoms. The monoisotopic (exact) mass is 446 g/mol. The number of nitrogens with one attached hydrogen (secondary N) is 1. The first-order valence-electron chi connectivity index (χ1n) is 11.3. The molecule has 7 heteroatoms. The van der Waals surface area contributed by atoms with E-state index in [0.717, 1.165) is 37.1 Å². The number of amides is 3. The molecule has 2 aromatic carbocycles. The number of carbonyl (C=O) groups excluding carboxylic acids is 3. The Labute approximate surface area is 194 Å². The number of aryl methyl sites for hydroxylation is 1. The lowest BCUT2D eigenvalue weighted by Gasteiger charge is -2.36. The molecular weight excluding hydrogens is 416 g/mol. The number of hydrogen-bond donors (Lipinski definition) is 1. The first kappa shape index (κ1) is 22.7. The predicted molar refractivity (Wildman–Crippen MR) is 130 cm³/mol. The van der Waals surface area contributed by atoms with Crippen molar-refractivity contribution in [2.24, 2.45) is 0 Å². The molecule has 0 aromatic heterocycles. The summed E-state index contributed by atoms with van der Waals surface area (Å²) in [4.78, 5) is 44.2. The standard InChI is InChI=1S/C26H30N4O3/c1-17-5-7-19(8-6-17)23-24(29(4)21-13-15-28(3)16-14-21)26(33)30(25(23)32)22-11-9-20(10-12-22)27-18(2)31/h5-12,21H,13-16H2,1-4H3,(H,27,31). The van der Waals surface area contributed by atoms with E-state index in [1.165, 1.54) is 11.8 Å². The van der Waals surface area contributed by atoms with Crippen LogP contribution >= 0.6 is 0 Å². The number of anilines is 2. The molecule has 2 aliphatic heterocycles. The van der Waals surface area contributed by atoms with Crippen LogP contribution in [-0.2, 0) is 14.4 Å². The van der Waals surface area contributed by atoms with Crippen molar-refractivity contribution >= 4 is 34.7 Å². The zero-order valence-corrected chi connectivity index (χ0v) is 19.6. The molecular formula is C26H30N4O3. The second kappa shape index (κ2) is 9.19. The van der Waals surface area contributed by atoms with Crippen LogP contribution in [0.1, 0.15) is 30.9 Å². The van der Waals surface area contributed by atoms with E-state index in [1.807, 2.05) is 43.1 Å². The molecule has 2 aliphatic rings. The van der Waals surface area contributed by atoms with Crippen LogP contribution in [0.4, 0.5) is 11.4 Å². The molecule has 172 valence electrons. The second-order valence-electron chi connectivity index (χ2n) is 8.91. The minimum atomic E-state index is -0.328. The third-order valence-corrected chi connectivity index (χ3v) is 6.43. The fraction of sp³-hybridized carbons (Fsp3) is 0.346. The number of imide groups is 1. The first-order valence-corrected chi connectivity index (χ1v) is 11.3. The van der Waals surface area contributed by atoms with Crippen molar-refractivity contribution in [3.63, 3.8) is 0 Å². The van der Waals surface area contributed by atoms with E-state index in [9.17, 15) is 14.4 Å². The van der Waals surface area contributed by atoms with Crippen molar-refractivity contribution in [2.75, 3.05) is 37.4 Å². The largest absolute Gasteiger partial charge is 0.366 e. The molecule has 3 amide bonds. The molecule has 7 nitrogen and oxygen atoms in total. The summed E-state index contributed by atoms with van der Waals surface area (Å²) in [6, 6.07) is 14.7. The lowest BCUT2D eigenvalue weighted by atomic mass is 9.99. The van der Waals surface area contributed by atoms with Crippen molar-refractivity contribution < 1.29 is 14.4 Å². The number of likely N-dealkylation sites (N-methyl/N-ethyl adjacent to an activating group) is 1. The normalized spacial score (nSPS) is 17.6. The molecule has 1 fully saturated rings. The van der Waals surface area contributed by atoms with Gasteiger partial charge in [0.1, 0.15) is 5.70 Å². The average Bonchev–Trinajstić information content (AvgIpc) is 3.04. The van der Waals surface area contributed by atoms with E-state index in [0.29, 0.717) is 22.6 Å². The van der Waals surface area contributed by atoms with E-state index in [-0.39, 0.29) is 23.8 Å². The Morgan fingerprint density at radius 3 is 2.15 bits per heavy atom. The minimum absolute atomic E-state index is 0.179. The van der Waals surface area contributed by atoms with Crippen LogP contribution in [0.25, 0.3) is 5.57 Å². The van der Waals surface area contributed by atoms with Crippen LogP contribution in [-0.4, -0.2) is 60.7 Å². The maximum atomic E-state index is 13.7. The van der Waals surface area contributed by atoms with Crippen LogP contribution in [0, 0.1) is 6.92 Å². The van der Waals surface area contributed by atoms with E-state index in [1.54, 1.807) is 24.3 Å². The minimum Gasteiger partial charge on any atom is -0.366 e. The number of nitrogens with zero attached hydrogens (tertiary/aromatic N) is 3. The zero-order chi connectivity index (χ0) is 23.7. The summed E-state index contributed by atoms with van der Waals surface area (Å²) < 4.78 is 0. The van der Waals surface area contributed by atoms with Gasteiger partial charge in [0.25, 0.3) is 11.8 Å². The van der Waals surface area contributed by atoms with Gasteiger partial charge in [-0.25, -0.2) is 4.90 Å². The molecule has 1 N–H and O–H groups in total. The summed E-state index contributed by atoms with van der Waals surface area (Å²) in [5.41, 5.74) is 3.81. The molecule has 0 radical (unpaired) electrons. The van der Waals surface area contributed by atoms with Crippen molar-refractivity contribution in [3.8, 4) is 0 Å². The van der Waals surface area contributed by atoms with Gasteiger partial charge in [-0.15, -0.1) is 0 Å². The molecule has 0 bridgehead atoms. The van der Waals surface area contributed by atoms with Crippen LogP contribution < -0.4 is 10.2 Å². The predicted octanol–water partition coefficient (Wildman–Crippen LogP) is 3.26. The molecule has 2 aromatic rings. The molecule has 0 atom stereocenters. The smallest absolute Gasteiger partial charge is 0.282 e. The Morgan fingerprint density at radius 1 is 0.970 bits per heavy atom. The highest BCUT2D eigenvalue weighted by atomic mass is 16.2. The lowest BCUT2D eigenvalue weighted by Crippen LogP contribution is -2.43. The SMILES string of the molecule is CC(=O)Nc1ccc(N2C(=O)C(c3ccc(C)cc3)=C(N(C)C3CCN(C)CC3)C2=O)cc1. The average molecular weight is 447 g/mol. The van der Waals surface area contributed by atoms with Gasteiger partial charge in [-0.05, 0) is 69.7 Å². The van der Waals surface area contributed by atoms with Gasteiger partial charge in [-0.2, -0.15) is 0 Å². The number of hydrogen-bond acceptors (Lipinski definition) is 5. The van der Waals surface area contributed by atoms with Crippen LogP contribution in [0.15, 0.2) is 54.2 Å². The van der Waals surface area contributed by atoms with E-state index in [2.05, 4.69) is 17.3 Å². The Balaban J connectivity index is 1.72. The maximum absolute atomic E-state index is 13.7. The van der Waals surface area contributed by atoms with Gasteiger partial charge in [-0.3, -0.25) is 14.4 Å². The van der Waals surface area contributed by atoms with Crippen LogP contribution in [0.5, 0.6) is 0 Å². The second-order valence-corrected chi connectivity index (χ2v) is 8.91. The van der Waals surface area contributed by atoms with E-state index < -0.39 is 0 Å². The Hall–Kier alpha value is -3.45. The number of benzene rings is 2. The Bertz CT molecular complexity index is 1100. The fourth-order valence-electron chi connectivity index (χ4n) is 4.52. The van der Waals surface area contributed by atoms with Crippen molar-refractivity contribution in [3.05, 3.63) is 65.4 Å². The van der Waals surface area contributed by atoms with Gasteiger partial charge >= 0.3 is 0 Å². The van der Waals surface area contributed by atoms with Gasteiger partial charge in [0.15, 0.2) is 0 Å². The summed E-state index contributed by atoms with van der Waals surface area (Å²) in [6.07, 6.45) is 1.87. The zero-order valence-electron chi connectivity index (χ0n) is 19.6.